The van der Waals surface area contributed by atoms with Crippen molar-refractivity contribution in [1.82, 2.24) is 9.71 Å². The zero-order valence-corrected chi connectivity index (χ0v) is 12.1. The molecule has 6 nitrogen and oxygen atoms in total. The number of rotatable bonds is 4. The summed E-state index contributed by atoms with van der Waals surface area (Å²) in [5.74, 6) is -0.487. The minimum Gasteiger partial charge on any atom is -0.478 e. The van der Waals surface area contributed by atoms with Crippen LogP contribution in [0.15, 0.2) is 23.4 Å². The van der Waals surface area contributed by atoms with Crippen molar-refractivity contribution in [3.05, 3.63) is 23.9 Å². The Hall–Kier alpha value is -1.47. The molecule has 7 heteroatoms. The fraction of sp³-hybridized carbons (Fsp3) is 0.538. The Morgan fingerprint density at radius 1 is 1.30 bits per heavy atom. The van der Waals surface area contributed by atoms with Crippen molar-refractivity contribution in [3.63, 3.8) is 0 Å². The SMILES string of the molecule is CC1CCC(NS(=O)(=O)c2ccc(C(=O)O)cn2)CC1. The molecule has 1 aromatic heterocycles. The highest BCUT2D eigenvalue weighted by Gasteiger charge is 2.25. The molecular weight excluding hydrogens is 280 g/mol. The molecule has 0 amide bonds. The predicted molar refractivity (Wildman–Crippen MR) is 72.9 cm³/mol. The van der Waals surface area contributed by atoms with E-state index in [2.05, 4.69) is 16.6 Å². The van der Waals surface area contributed by atoms with Crippen molar-refractivity contribution < 1.29 is 18.3 Å². The Morgan fingerprint density at radius 3 is 2.45 bits per heavy atom. The van der Waals surface area contributed by atoms with E-state index in [-0.39, 0.29) is 16.6 Å². The second-order valence-corrected chi connectivity index (χ2v) is 6.93. The number of carboxylic acids is 1. The predicted octanol–water partition coefficient (Wildman–Crippen LogP) is 1.64. The van der Waals surface area contributed by atoms with Crippen LogP contribution in [0.4, 0.5) is 0 Å². The van der Waals surface area contributed by atoms with Gasteiger partial charge in [-0.1, -0.05) is 6.92 Å². The van der Waals surface area contributed by atoms with Crippen LogP contribution in [-0.4, -0.2) is 30.5 Å². The van der Waals surface area contributed by atoms with Gasteiger partial charge in [0.05, 0.1) is 5.56 Å². The lowest BCUT2D eigenvalue weighted by atomic mass is 9.88. The fourth-order valence-electron chi connectivity index (χ4n) is 2.32. The average molecular weight is 298 g/mol. The number of pyridine rings is 1. The number of nitrogens with one attached hydrogen (secondary N) is 1. The van der Waals surface area contributed by atoms with Crippen LogP contribution in [0.1, 0.15) is 43.0 Å². The average Bonchev–Trinajstić information content (AvgIpc) is 2.41. The Bertz CT molecular complexity index is 575. The number of hydrogen-bond acceptors (Lipinski definition) is 4. The van der Waals surface area contributed by atoms with Crippen molar-refractivity contribution in [1.29, 1.82) is 0 Å². The molecule has 0 saturated heterocycles. The zero-order chi connectivity index (χ0) is 14.8. The minimum atomic E-state index is -3.67. The molecule has 0 spiro atoms. The molecule has 110 valence electrons. The maximum Gasteiger partial charge on any atom is 0.337 e. The molecule has 1 aromatic rings. The summed E-state index contributed by atoms with van der Waals surface area (Å²) in [6, 6.07) is 2.40. The molecule has 20 heavy (non-hydrogen) atoms. The van der Waals surface area contributed by atoms with Crippen LogP contribution < -0.4 is 4.72 Å². The Balaban J connectivity index is 2.08. The number of carboxylic acid groups (broad SMARTS) is 1. The molecule has 2 rings (SSSR count). The van der Waals surface area contributed by atoms with E-state index in [4.69, 9.17) is 5.11 Å². The largest absolute Gasteiger partial charge is 0.478 e. The molecule has 0 unspecified atom stereocenters. The Kier molecular flexibility index (Phi) is 4.39. The van der Waals surface area contributed by atoms with Gasteiger partial charge >= 0.3 is 5.97 Å². The number of aromatic nitrogens is 1. The van der Waals surface area contributed by atoms with E-state index < -0.39 is 16.0 Å². The summed E-state index contributed by atoms with van der Waals surface area (Å²) >= 11 is 0. The van der Waals surface area contributed by atoms with Gasteiger partial charge < -0.3 is 5.11 Å². The third-order valence-electron chi connectivity index (χ3n) is 3.60. The summed E-state index contributed by atoms with van der Waals surface area (Å²) in [6.07, 6.45) is 4.73. The number of aromatic carboxylic acids is 1. The van der Waals surface area contributed by atoms with E-state index in [0.717, 1.165) is 31.9 Å². The first kappa shape index (κ1) is 14.9. The summed E-state index contributed by atoms with van der Waals surface area (Å²) < 4.78 is 26.9. The van der Waals surface area contributed by atoms with Gasteiger partial charge in [0.2, 0.25) is 0 Å². The van der Waals surface area contributed by atoms with Gasteiger partial charge in [-0.15, -0.1) is 0 Å². The van der Waals surface area contributed by atoms with Crippen molar-refractivity contribution in [2.75, 3.05) is 0 Å². The monoisotopic (exact) mass is 298 g/mol. The molecule has 1 saturated carbocycles. The van der Waals surface area contributed by atoms with Crippen LogP contribution in [0.5, 0.6) is 0 Å². The van der Waals surface area contributed by atoms with Crippen LogP contribution in [0, 0.1) is 5.92 Å². The van der Waals surface area contributed by atoms with Crippen LogP contribution in [0.3, 0.4) is 0 Å². The molecule has 1 fully saturated rings. The Labute approximate surface area is 118 Å². The van der Waals surface area contributed by atoms with Crippen molar-refractivity contribution in [2.24, 2.45) is 5.92 Å². The molecule has 1 heterocycles. The van der Waals surface area contributed by atoms with Crippen molar-refractivity contribution in [2.45, 2.75) is 43.7 Å². The van der Waals surface area contributed by atoms with Crippen molar-refractivity contribution >= 4 is 16.0 Å². The topological polar surface area (TPSA) is 96.4 Å². The number of carbonyl (C=O) groups is 1. The Morgan fingerprint density at radius 2 is 1.95 bits per heavy atom. The standard InChI is InChI=1S/C13H18N2O4S/c1-9-2-5-11(6-3-9)15-20(18,19)12-7-4-10(8-14-12)13(16)17/h4,7-9,11,15H,2-3,5-6H2,1H3,(H,16,17). The molecular formula is C13H18N2O4S. The smallest absolute Gasteiger partial charge is 0.337 e. The highest BCUT2D eigenvalue weighted by molar-refractivity contribution is 7.89. The summed E-state index contributed by atoms with van der Waals surface area (Å²) in [5, 5.41) is 8.62. The first-order valence-electron chi connectivity index (χ1n) is 6.60. The molecule has 0 aromatic carbocycles. The first-order chi connectivity index (χ1) is 9.38. The van der Waals surface area contributed by atoms with E-state index in [1.165, 1.54) is 12.1 Å². The van der Waals surface area contributed by atoms with E-state index in [1.54, 1.807) is 0 Å². The van der Waals surface area contributed by atoms with Crippen LogP contribution in [0.2, 0.25) is 0 Å². The number of nitrogens with zero attached hydrogens (tertiary/aromatic N) is 1. The van der Waals surface area contributed by atoms with Crippen LogP contribution >= 0.6 is 0 Å². The lowest BCUT2D eigenvalue weighted by Gasteiger charge is -2.26. The molecule has 2 N–H and O–H groups in total. The summed E-state index contributed by atoms with van der Waals surface area (Å²) in [6.45, 7) is 2.16. The maximum atomic E-state index is 12.1. The van der Waals surface area contributed by atoms with E-state index in [1.807, 2.05) is 0 Å². The zero-order valence-electron chi connectivity index (χ0n) is 11.2. The summed E-state index contributed by atoms with van der Waals surface area (Å²) in [5.41, 5.74) is -0.0320. The maximum absolute atomic E-state index is 12.1. The highest BCUT2D eigenvalue weighted by atomic mass is 32.2. The van der Waals surface area contributed by atoms with E-state index in [9.17, 15) is 13.2 Å². The molecule has 0 radical (unpaired) electrons. The third kappa shape index (κ3) is 3.55. The first-order valence-corrected chi connectivity index (χ1v) is 8.08. The van der Waals surface area contributed by atoms with Gasteiger partial charge in [-0.2, -0.15) is 0 Å². The van der Waals surface area contributed by atoms with Crippen LogP contribution in [-0.2, 0) is 10.0 Å². The lowest BCUT2D eigenvalue weighted by Crippen LogP contribution is -2.37. The van der Waals surface area contributed by atoms with Gasteiger partial charge in [-0.3, -0.25) is 0 Å². The minimum absolute atomic E-state index is 0.0320. The normalized spacial score (nSPS) is 23.4. The lowest BCUT2D eigenvalue weighted by molar-refractivity contribution is 0.0696. The molecule has 1 aliphatic rings. The van der Waals surface area contributed by atoms with Gasteiger partial charge in [0, 0.05) is 12.2 Å². The second kappa shape index (κ2) is 5.88. The fourth-order valence-corrected chi connectivity index (χ4v) is 3.56. The van der Waals surface area contributed by atoms with Gasteiger partial charge in [0.1, 0.15) is 0 Å². The summed E-state index contributed by atoms with van der Waals surface area (Å²) in [7, 11) is -3.67. The van der Waals surface area contributed by atoms with E-state index in [0.29, 0.717) is 5.92 Å². The van der Waals surface area contributed by atoms with E-state index >= 15 is 0 Å². The van der Waals surface area contributed by atoms with Gasteiger partial charge in [-0.05, 0) is 43.7 Å². The van der Waals surface area contributed by atoms with Gasteiger partial charge in [-0.25, -0.2) is 22.9 Å². The third-order valence-corrected chi connectivity index (χ3v) is 5.03. The second-order valence-electron chi connectivity index (χ2n) is 5.27. The number of sulfonamides is 1. The van der Waals surface area contributed by atoms with Crippen LogP contribution in [0.25, 0.3) is 0 Å². The van der Waals surface area contributed by atoms with Gasteiger partial charge in [0.15, 0.2) is 5.03 Å². The van der Waals surface area contributed by atoms with Crippen molar-refractivity contribution in [3.8, 4) is 0 Å². The van der Waals surface area contributed by atoms with Gasteiger partial charge in [0.25, 0.3) is 10.0 Å². The molecule has 0 aliphatic heterocycles. The summed E-state index contributed by atoms with van der Waals surface area (Å²) in [4.78, 5) is 14.4. The molecule has 1 aliphatic carbocycles. The highest BCUT2D eigenvalue weighted by Crippen LogP contribution is 2.24. The molecule has 0 bridgehead atoms. The quantitative estimate of drug-likeness (QED) is 0.880. The number of hydrogen-bond donors (Lipinski definition) is 2. The molecule has 0 atom stereocenters.